The van der Waals surface area contributed by atoms with Crippen LogP contribution >= 0.6 is 0 Å². The fourth-order valence-electron chi connectivity index (χ4n) is 3.20. The fourth-order valence-corrected chi connectivity index (χ4v) is 3.20. The van der Waals surface area contributed by atoms with Gasteiger partial charge < -0.3 is 11.1 Å². The number of anilines is 1. The van der Waals surface area contributed by atoms with Gasteiger partial charge in [0.1, 0.15) is 0 Å². The van der Waals surface area contributed by atoms with Crippen LogP contribution < -0.4 is 11.1 Å². The summed E-state index contributed by atoms with van der Waals surface area (Å²) in [5.41, 5.74) is 11.6. The molecule has 0 radical (unpaired) electrons. The van der Waals surface area contributed by atoms with E-state index in [0.29, 0.717) is 6.04 Å². The zero-order chi connectivity index (χ0) is 11.0. The highest BCUT2D eigenvalue weighted by molar-refractivity contribution is 5.55. The van der Waals surface area contributed by atoms with Gasteiger partial charge in [0.25, 0.3) is 0 Å². The molecule has 2 nitrogen and oxygen atoms in total. The quantitative estimate of drug-likeness (QED) is 0.708. The summed E-state index contributed by atoms with van der Waals surface area (Å²) in [5.74, 6) is 0. The minimum atomic E-state index is 0.590. The van der Waals surface area contributed by atoms with Gasteiger partial charge in [-0.15, -0.1) is 0 Å². The Hall–Kier alpha value is -1.02. The third kappa shape index (κ3) is 1.61. The second-order valence-corrected chi connectivity index (χ2v) is 5.06. The normalized spacial score (nSPS) is 24.4. The lowest BCUT2D eigenvalue weighted by molar-refractivity contribution is 0.616. The average molecular weight is 216 g/mol. The number of rotatable bonds is 1. The Morgan fingerprint density at radius 3 is 2.62 bits per heavy atom. The van der Waals surface area contributed by atoms with Crippen molar-refractivity contribution < 1.29 is 0 Å². The van der Waals surface area contributed by atoms with E-state index in [0.717, 1.165) is 5.69 Å². The van der Waals surface area contributed by atoms with Gasteiger partial charge in [0.05, 0.1) is 0 Å². The molecule has 0 spiro atoms. The molecule has 0 aromatic heterocycles. The van der Waals surface area contributed by atoms with Crippen LogP contribution in [0.15, 0.2) is 12.1 Å². The van der Waals surface area contributed by atoms with Crippen molar-refractivity contribution in [2.24, 2.45) is 0 Å². The molecule has 86 valence electrons. The van der Waals surface area contributed by atoms with Gasteiger partial charge in [-0.3, -0.25) is 0 Å². The minimum Gasteiger partial charge on any atom is -0.398 e. The van der Waals surface area contributed by atoms with E-state index in [2.05, 4.69) is 17.4 Å². The number of nitrogens with two attached hydrogens (primary N) is 1. The van der Waals surface area contributed by atoms with E-state index in [1.807, 2.05) is 0 Å². The molecule has 0 saturated carbocycles. The molecule has 3 N–H and O–H groups in total. The SMILES string of the molecule is Nc1ccc([C@@H]2CCCN2)c2c1CCCC2. The largest absolute Gasteiger partial charge is 0.398 e. The zero-order valence-electron chi connectivity index (χ0n) is 9.76. The van der Waals surface area contributed by atoms with Crippen LogP contribution in [0.5, 0.6) is 0 Å². The summed E-state index contributed by atoms with van der Waals surface area (Å²) in [7, 11) is 0. The molecule has 0 unspecified atom stereocenters. The fraction of sp³-hybridized carbons (Fsp3) is 0.571. The number of nitrogen functional groups attached to an aromatic ring is 1. The Morgan fingerprint density at radius 1 is 1.06 bits per heavy atom. The summed E-state index contributed by atoms with van der Waals surface area (Å²) in [6, 6.07) is 4.95. The van der Waals surface area contributed by atoms with Gasteiger partial charge in [0.2, 0.25) is 0 Å². The molecule has 1 aromatic rings. The van der Waals surface area contributed by atoms with Gasteiger partial charge in [-0.25, -0.2) is 0 Å². The van der Waals surface area contributed by atoms with Crippen molar-refractivity contribution in [1.29, 1.82) is 0 Å². The number of nitrogens with one attached hydrogen (secondary N) is 1. The van der Waals surface area contributed by atoms with Crippen LogP contribution in [0.4, 0.5) is 5.69 Å². The van der Waals surface area contributed by atoms with Crippen LogP contribution in [-0.4, -0.2) is 6.54 Å². The Bertz CT molecular complexity index is 392. The van der Waals surface area contributed by atoms with E-state index in [-0.39, 0.29) is 0 Å². The maximum Gasteiger partial charge on any atom is 0.0349 e. The molecule has 1 aliphatic carbocycles. The molecular formula is C14H20N2. The van der Waals surface area contributed by atoms with Gasteiger partial charge in [0.15, 0.2) is 0 Å². The number of benzene rings is 1. The van der Waals surface area contributed by atoms with E-state index < -0.39 is 0 Å². The lowest BCUT2D eigenvalue weighted by Crippen LogP contribution is -2.18. The highest BCUT2D eigenvalue weighted by Crippen LogP contribution is 2.34. The molecule has 2 aliphatic rings. The van der Waals surface area contributed by atoms with Crippen LogP contribution in [-0.2, 0) is 12.8 Å². The van der Waals surface area contributed by atoms with Crippen molar-refractivity contribution in [2.75, 3.05) is 12.3 Å². The van der Waals surface area contributed by atoms with E-state index >= 15 is 0 Å². The summed E-state index contributed by atoms with van der Waals surface area (Å²) in [5, 5.41) is 3.60. The van der Waals surface area contributed by atoms with Crippen LogP contribution in [0.25, 0.3) is 0 Å². The summed E-state index contributed by atoms with van der Waals surface area (Å²) in [6.45, 7) is 1.17. The molecule has 0 amide bonds. The number of hydrogen-bond donors (Lipinski definition) is 2. The average Bonchev–Trinajstić information content (AvgIpc) is 2.83. The zero-order valence-corrected chi connectivity index (χ0v) is 9.76. The van der Waals surface area contributed by atoms with Crippen molar-refractivity contribution >= 4 is 5.69 Å². The molecule has 2 heteroatoms. The lowest BCUT2D eigenvalue weighted by Gasteiger charge is -2.24. The second-order valence-electron chi connectivity index (χ2n) is 5.06. The van der Waals surface area contributed by atoms with Crippen molar-refractivity contribution in [3.8, 4) is 0 Å². The van der Waals surface area contributed by atoms with Crippen LogP contribution in [0.1, 0.15) is 48.4 Å². The first-order chi connectivity index (χ1) is 7.86. The van der Waals surface area contributed by atoms with Gasteiger partial charge in [-0.2, -0.15) is 0 Å². The van der Waals surface area contributed by atoms with Gasteiger partial charge in [-0.05, 0) is 67.8 Å². The first kappa shape index (κ1) is 10.2. The number of fused-ring (bicyclic) bond motifs is 1. The van der Waals surface area contributed by atoms with E-state index in [4.69, 9.17) is 5.73 Å². The summed E-state index contributed by atoms with van der Waals surface area (Å²) in [6.07, 6.45) is 7.64. The van der Waals surface area contributed by atoms with E-state index in [1.165, 1.54) is 56.2 Å². The summed E-state index contributed by atoms with van der Waals surface area (Å²) < 4.78 is 0. The molecule has 1 fully saturated rings. The Morgan fingerprint density at radius 2 is 1.88 bits per heavy atom. The van der Waals surface area contributed by atoms with Crippen molar-refractivity contribution in [3.05, 3.63) is 28.8 Å². The molecule has 16 heavy (non-hydrogen) atoms. The minimum absolute atomic E-state index is 0.590. The van der Waals surface area contributed by atoms with Gasteiger partial charge >= 0.3 is 0 Å². The summed E-state index contributed by atoms with van der Waals surface area (Å²) in [4.78, 5) is 0. The third-order valence-corrected chi connectivity index (χ3v) is 4.04. The third-order valence-electron chi connectivity index (χ3n) is 4.04. The predicted molar refractivity (Wildman–Crippen MR) is 67.5 cm³/mol. The second kappa shape index (κ2) is 4.10. The maximum absolute atomic E-state index is 6.09. The standard InChI is InChI=1S/C14H20N2/c15-13-8-7-12(14-6-3-9-16-14)10-4-1-2-5-11(10)13/h7-8,14,16H,1-6,9,15H2/t14-/m0/s1. The van der Waals surface area contributed by atoms with Crippen LogP contribution in [0, 0.1) is 0 Å². The van der Waals surface area contributed by atoms with Crippen molar-refractivity contribution in [1.82, 2.24) is 5.32 Å². The summed E-state index contributed by atoms with van der Waals surface area (Å²) >= 11 is 0. The Balaban J connectivity index is 2.04. The smallest absolute Gasteiger partial charge is 0.0349 e. The molecule has 1 heterocycles. The molecule has 0 bridgehead atoms. The highest BCUT2D eigenvalue weighted by Gasteiger charge is 2.23. The molecule has 3 rings (SSSR count). The van der Waals surface area contributed by atoms with Crippen LogP contribution in [0.3, 0.4) is 0 Å². The first-order valence-corrected chi connectivity index (χ1v) is 6.50. The molecule has 1 aromatic carbocycles. The van der Waals surface area contributed by atoms with Gasteiger partial charge in [0, 0.05) is 11.7 Å². The maximum atomic E-state index is 6.09. The van der Waals surface area contributed by atoms with E-state index in [1.54, 1.807) is 5.56 Å². The molecule has 1 saturated heterocycles. The molecule has 1 aliphatic heterocycles. The van der Waals surface area contributed by atoms with E-state index in [9.17, 15) is 0 Å². The number of hydrogen-bond acceptors (Lipinski definition) is 2. The molecular weight excluding hydrogens is 196 g/mol. The highest BCUT2D eigenvalue weighted by atomic mass is 14.9. The van der Waals surface area contributed by atoms with Gasteiger partial charge in [-0.1, -0.05) is 6.07 Å². The monoisotopic (exact) mass is 216 g/mol. The predicted octanol–water partition coefficient (Wildman–Crippen LogP) is 2.57. The first-order valence-electron chi connectivity index (χ1n) is 6.50. The lowest BCUT2D eigenvalue weighted by atomic mass is 9.84. The molecule has 1 atom stereocenters. The van der Waals surface area contributed by atoms with Crippen LogP contribution in [0.2, 0.25) is 0 Å². The Labute approximate surface area is 97.2 Å². The van der Waals surface area contributed by atoms with Crippen molar-refractivity contribution in [2.45, 2.75) is 44.6 Å². The van der Waals surface area contributed by atoms with Crippen molar-refractivity contribution in [3.63, 3.8) is 0 Å². The Kier molecular flexibility index (Phi) is 2.60. The topological polar surface area (TPSA) is 38.0 Å².